The lowest BCUT2D eigenvalue weighted by Gasteiger charge is -2.16. The van der Waals surface area contributed by atoms with Crippen molar-refractivity contribution in [2.24, 2.45) is 7.05 Å². The third-order valence-corrected chi connectivity index (χ3v) is 1.82. The Morgan fingerprint density at radius 1 is 1.69 bits per heavy atom. The number of carboxylic acids is 1. The van der Waals surface area contributed by atoms with Gasteiger partial charge in [-0.15, -0.1) is 6.42 Å². The van der Waals surface area contributed by atoms with Crippen molar-refractivity contribution in [1.82, 2.24) is 14.5 Å². The van der Waals surface area contributed by atoms with E-state index in [1.165, 1.54) is 12.5 Å². The third-order valence-electron chi connectivity index (χ3n) is 1.82. The average Bonchev–Trinajstić information content (AvgIpc) is 2.62. The predicted octanol–water partition coefficient (Wildman–Crippen LogP) is -0.420. The molecule has 0 aliphatic heterocycles. The van der Waals surface area contributed by atoms with Crippen LogP contribution in [0.3, 0.4) is 0 Å². The molecule has 0 radical (unpaired) electrons. The van der Waals surface area contributed by atoms with Crippen molar-refractivity contribution in [2.75, 3.05) is 13.1 Å². The van der Waals surface area contributed by atoms with Crippen LogP contribution in [0.15, 0.2) is 12.5 Å². The Hall–Kier alpha value is -2.29. The summed E-state index contributed by atoms with van der Waals surface area (Å²) >= 11 is 0. The number of aliphatic carboxylic acids is 1. The number of aryl methyl sites for hydroxylation is 1. The van der Waals surface area contributed by atoms with Crippen molar-refractivity contribution in [3.63, 3.8) is 0 Å². The summed E-state index contributed by atoms with van der Waals surface area (Å²) in [5.74, 6) is 0.641. The first-order chi connectivity index (χ1) is 7.54. The number of carbonyl (C=O) groups is 2. The van der Waals surface area contributed by atoms with Crippen molar-refractivity contribution in [3.05, 3.63) is 18.2 Å². The zero-order chi connectivity index (χ0) is 12.1. The van der Waals surface area contributed by atoms with Gasteiger partial charge in [0.25, 0.3) is 5.91 Å². The number of rotatable bonds is 4. The van der Waals surface area contributed by atoms with Gasteiger partial charge in [-0.05, 0) is 0 Å². The molecule has 6 heteroatoms. The van der Waals surface area contributed by atoms with Gasteiger partial charge in [0.05, 0.1) is 12.9 Å². The van der Waals surface area contributed by atoms with Gasteiger partial charge < -0.3 is 14.6 Å². The van der Waals surface area contributed by atoms with Gasteiger partial charge in [0.1, 0.15) is 12.2 Å². The van der Waals surface area contributed by atoms with E-state index in [0.717, 1.165) is 4.90 Å². The van der Waals surface area contributed by atoms with E-state index < -0.39 is 18.4 Å². The monoisotopic (exact) mass is 221 g/mol. The number of hydrogen-bond donors (Lipinski definition) is 1. The molecule has 1 aromatic rings. The molecular formula is C10H11N3O3. The zero-order valence-corrected chi connectivity index (χ0v) is 8.75. The van der Waals surface area contributed by atoms with Gasteiger partial charge >= 0.3 is 5.97 Å². The van der Waals surface area contributed by atoms with Gasteiger partial charge in [0.2, 0.25) is 0 Å². The van der Waals surface area contributed by atoms with Crippen molar-refractivity contribution >= 4 is 11.9 Å². The van der Waals surface area contributed by atoms with Crippen LogP contribution in [-0.2, 0) is 11.8 Å². The molecule has 0 aliphatic rings. The Kier molecular flexibility index (Phi) is 3.67. The van der Waals surface area contributed by atoms with Crippen molar-refractivity contribution in [2.45, 2.75) is 0 Å². The smallest absolute Gasteiger partial charge is 0.323 e. The molecule has 0 aliphatic carbocycles. The molecule has 0 spiro atoms. The fraction of sp³-hybridized carbons (Fsp3) is 0.300. The highest BCUT2D eigenvalue weighted by Crippen LogP contribution is 2.01. The minimum absolute atomic E-state index is 0.0539. The molecule has 0 saturated carbocycles. The molecule has 16 heavy (non-hydrogen) atoms. The van der Waals surface area contributed by atoms with E-state index in [0.29, 0.717) is 0 Å². The number of nitrogens with zero attached hydrogens (tertiary/aromatic N) is 3. The first-order valence-electron chi connectivity index (χ1n) is 4.47. The summed E-state index contributed by atoms with van der Waals surface area (Å²) in [4.78, 5) is 27.2. The molecule has 84 valence electrons. The second kappa shape index (κ2) is 4.98. The number of imidazole rings is 1. The third kappa shape index (κ3) is 2.85. The lowest BCUT2D eigenvalue weighted by molar-refractivity contribution is -0.137. The second-order valence-electron chi connectivity index (χ2n) is 3.18. The normalized spacial score (nSPS) is 9.50. The van der Waals surface area contributed by atoms with Crippen LogP contribution in [0, 0.1) is 12.3 Å². The SMILES string of the molecule is C#CCN(CC(=O)O)C(=O)c1cn(C)cn1. The van der Waals surface area contributed by atoms with E-state index in [1.807, 2.05) is 0 Å². The molecule has 0 saturated heterocycles. The summed E-state index contributed by atoms with van der Waals surface area (Å²) in [6.07, 6.45) is 8.03. The molecule has 0 aromatic carbocycles. The number of amides is 1. The van der Waals surface area contributed by atoms with E-state index in [1.54, 1.807) is 11.6 Å². The van der Waals surface area contributed by atoms with Crippen LogP contribution < -0.4 is 0 Å². The van der Waals surface area contributed by atoms with E-state index >= 15 is 0 Å². The van der Waals surface area contributed by atoms with Gasteiger partial charge in [-0.3, -0.25) is 9.59 Å². The minimum Gasteiger partial charge on any atom is -0.480 e. The highest BCUT2D eigenvalue weighted by molar-refractivity contribution is 5.94. The first-order valence-corrected chi connectivity index (χ1v) is 4.47. The van der Waals surface area contributed by atoms with E-state index in [2.05, 4.69) is 10.9 Å². The van der Waals surface area contributed by atoms with Crippen LogP contribution in [0.2, 0.25) is 0 Å². The van der Waals surface area contributed by atoms with Gasteiger partial charge in [-0.1, -0.05) is 5.92 Å². The summed E-state index contributed by atoms with van der Waals surface area (Å²) < 4.78 is 1.60. The average molecular weight is 221 g/mol. The molecule has 1 amide bonds. The largest absolute Gasteiger partial charge is 0.480 e. The number of aromatic nitrogens is 2. The van der Waals surface area contributed by atoms with Gasteiger partial charge in [0, 0.05) is 13.2 Å². The Morgan fingerprint density at radius 2 is 2.38 bits per heavy atom. The molecule has 0 bridgehead atoms. The summed E-state index contributed by atoms with van der Waals surface area (Å²) in [6.45, 7) is -0.485. The van der Waals surface area contributed by atoms with Gasteiger partial charge in [0.15, 0.2) is 0 Å². The van der Waals surface area contributed by atoms with E-state index in [4.69, 9.17) is 11.5 Å². The fourth-order valence-electron chi connectivity index (χ4n) is 1.16. The maximum atomic E-state index is 11.8. The van der Waals surface area contributed by atoms with Crippen LogP contribution in [0.1, 0.15) is 10.5 Å². The topological polar surface area (TPSA) is 75.4 Å². The van der Waals surface area contributed by atoms with E-state index in [-0.39, 0.29) is 12.2 Å². The maximum absolute atomic E-state index is 11.8. The van der Waals surface area contributed by atoms with Crippen molar-refractivity contribution in [3.8, 4) is 12.3 Å². The molecule has 1 N–H and O–H groups in total. The number of hydrogen-bond acceptors (Lipinski definition) is 3. The van der Waals surface area contributed by atoms with Gasteiger partial charge in [-0.2, -0.15) is 0 Å². The number of carboxylic acid groups (broad SMARTS) is 1. The quantitative estimate of drug-likeness (QED) is 0.701. The highest BCUT2D eigenvalue weighted by atomic mass is 16.4. The second-order valence-corrected chi connectivity index (χ2v) is 3.18. The number of terminal acetylenes is 1. The summed E-state index contributed by atoms with van der Waals surface area (Å²) in [5.41, 5.74) is 0.180. The fourth-order valence-corrected chi connectivity index (χ4v) is 1.16. The standard InChI is InChI=1S/C10H11N3O3/c1-3-4-13(6-9(14)15)10(16)8-5-12(2)7-11-8/h1,5,7H,4,6H2,2H3,(H,14,15). The Labute approximate surface area is 92.5 Å². The summed E-state index contributed by atoms with van der Waals surface area (Å²) in [6, 6.07) is 0. The lowest BCUT2D eigenvalue weighted by atomic mass is 10.3. The predicted molar refractivity (Wildman–Crippen MR) is 55.6 cm³/mol. The molecule has 1 rings (SSSR count). The summed E-state index contributed by atoms with van der Waals surface area (Å²) in [7, 11) is 1.71. The van der Waals surface area contributed by atoms with Crippen LogP contribution in [0.5, 0.6) is 0 Å². The van der Waals surface area contributed by atoms with Gasteiger partial charge in [-0.25, -0.2) is 4.98 Å². The van der Waals surface area contributed by atoms with Crippen LogP contribution >= 0.6 is 0 Å². The Bertz CT molecular complexity index is 444. The highest BCUT2D eigenvalue weighted by Gasteiger charge is 2.19. The first kappa shape index (κ1) is 11.8. The van der Waals surface area contributed by atoms with Crippen molar-refractivity contribution in [1.29, 1.82) is 0 Å². The van der Waals surface area contributed by atoms with Crippen LogP contribution in [0.4, 0.5) is 0 Å². The van der Waals surface area contributed by atoms with E-state index in [9.17, 15) is 9.59 Å². The molecular weight excluding hydrogens is 210 g/mol. The van der Waals surface area contributed by atoms with Crippen molar-refractivity contribution < 1.29 is 14.7 Å². The molecule has 0 unspecified atom stereocenters. The Balaban J connectivity index is 2.83. The molecule has 1 aromatic heterocycles. The minimum atomic E-state index is -1.11. The van der Waals surface area contributed by atoms with Crippen LogP contribution in [0.25, 0.3) is 0 Å². The number of carbonyl (C=O) groups excluding carboxylic acids is 1. The molecule has 1 heterocycles. The lowest BCUT2D eigenvalue weighted by Crippen LogP contribution is -2.36. The molecule has 0 fully saturated rings. The van der Waals surface area contributed by atoms with Crippen LogP contribution in [-0.4, -0.2) is 44.5 Å². The molecule has 0 atom stereocenters. The molecule has 6 nitrogen and oxygen atoms in total. The maximum Gasteiger partial charge on any atom is 0.323 e. The Morgan fingerprint density at radius 3 is 2.81 bits per heavy atom. The zero-order valence-electron chi connectivity index (χ0n) is 8.75. The summed E-state index contributed by atoms with van der Waals surface area (Å²) in [5, 5.41) is 8.62.